The first-order valence-corrected chi connectivity index (χ1v) is 7.87. The fraction of sp³-hybridized carbons (Fsp3) is 0. The summed E-state index contributed by atoms with van der Waals surface area (Å²) in [5.41, 5.74) is -0.0263. The van der Waals surface area contributed by atoms with Gasteiger partial charge in [-0.1, -0.05) is 22.0 Å². The smallest absolute Gasteiger partial charge is 0.337 e. The molecule has 0 aliphatic carbocycles. The lowest BCUT2D eigenvalue weighted by atomic mass is 10.2. The minimum Gasteiger partial charge on any atom is -0.478 e. The van der Waals surface area contributed by atoms with Crippen molar-refractivity contribution in [3.63, 3.8) is 0 Å². The summed E-state index contributed by atoms with van der Waals surface area (Å²) in [6.07, 6.45) is 0. The minimum absolute atomic E-state index is 0.0404. The van der Waals surface area contributed by atoms with E-state index < -0.39 is 16.8 Å². The molecule has 0 atom stereocenters. The molecule has 2 aromatic rings. The van der Waals surface area contributed by atoms with Gasteiger partial charge in [0.15, 0.2) is 5.11 Å². The normalized spacial score (nSPS) is 9.96. The lowest BCUT2D eigenvalue weighted by molar-refractivity contribution is -0.384. The third kappa shape index (κ3) is 4.81. The summed E-state index contributed by atoms with van der Waals surface area (Å²) in [4.78, 5) is 33.5. The van der Waals surface area contributed by atoms with Crippen molar-refractivity contribution in [1.29, 1.82) is 0 Å². The standard InChI is InChI=1S/C15H10BrN3O5S/c16-9-4-5-12(11(7-9)14(21)22)17-15(25)18-13(20)8-2-1-3-10(6-8)19(23)24/h1-7H,(H,21,22)(H2,17,18,20,25). The molecule has 0 aliphatic heterocycles. The predicted molar refractivity (Wildman–Crippen MR) is 97.9 cm³/mol. The van der Waals surface area contributed by atoms with Gasteiger partial charge in [-0.25, -0.2) is 4.79 Å². The van der Waals surface area contributed by atoms with Crippen molar-refractivity contribution >= 4 is 56.5 Å². The summed E-state index contributed by atoms with van der Waals surface area (Å²) in [5, 5.41) is 24.8. The highest BCUT2D eigenvalue weighted by atomic mass is 79.9. The minimum atomic E-state index is -1.17. The van der Waals surface area contributed by atoms with Gasteiger partial charge in [0.2, 0.25) is 0 Å². The second-order valence-electron chi connectivity index (χ2n) is 4.71. The summed E-state index contributed by atoms with van der Waals surface area (Å²) in [6.45, 7) is 0. The third-order valence-corrected chi connectivity index (χ3v) is 3.70. The van der Waals surface area contributed by atoms with Crippen LogP contribution in [0.1, 0.15) is 20.7 Å². The van der Waals surface area contributed by atoms with Crippen LogP contribution in [-0.2, 0) is 0 Å². The monoisotopic (exact) mass is 423 g/mol. The van der Waals surface area contributed by atoms with Crippen LogP contribution in [0, 0.1) is 10.1 Å². The van der Waals surface area contributed by atoms with Crippen molar-refractivity contribution in [2.45, 2.75) is 0 Å². The Kier molecular flexibility index (Phi) is 5.78. The first kappa shape index (κ1) is 18.5. The van der Waals surface area contributed by atoms with Gasteiger partial charge in [0.25, 0.3) is 11.6 Å². The average Bonchev–Trinajstić information content (AvgIpc) is 2.56. The molecule has 1 amide bonds. The van der Waals surface area contributed by atoms with Crippen LogP contribution < -0.4 is 10.6 Å². The first-order chi connectivity index (χ1) is 11.8. The fourth-order valence-corrected chi connectivity index (χ4v) is 2.46. The maximum atomic E-state index is 12.1. The average molecular weight is 424 g/mol. The molecule has 2 rings (SSSR count). The number of benzene rings is 2. The molecule has 0 aliphatic rings. The van der Waals surface area contributed by atoms with E-state index in [9.17, 15) is 24.8 Å². The van der Waals surface area contributed by atoms with Crippen LogP contribution >= 0.6 is 28.1 Å². The van der Waals surface area contributed by atoms with E-state index in [0.29, 0.717) is 4.47 Å². The van der Waals surface area contributed by atoms with Gasteiger partial charge in [-0.15, -0.1) is 0 Å². The van der Waals surface area contributed by atoms with Crippen molar-refractivity contribution < 1.29 is 19.6 Å². The van der Waals surface area contributed by atoms with Gasteiger partial charge in [0.1, 0.15) is 0 Å². The van der Waals surface area contributed by atoms with Crippen LogP contribution in [0.5, 0.6) is 0 Å². The van der Waals surface area contributed by atoms with Crippen LogP contribution in [0.25, 0.3) is 0 Å². The molecule has 8 nitrogen and oxygen atoms in total. The molecule has 0 aromatic heterocycles. The molecular weight excluding hydrogens is 414 g/mol. The number of nitro groups is 1. The number of thiocarbonyl (C=S) groups is 1. The Hall–Kier alpha value is -2.85. The van der Waals surface area contributed by atoms with Crippen molar-refractivity contribution in [3.8, 4) is 0 Å². The van der Waals surface area contributed by atoms with Gasteiger partial charge in [-0.2, -0.15) is 0 Å². The van der Waals surface area contributed by atoms with Gasteiger partial charge < -0.3 is 10.4 Å². The zero-order chi connectivity index (χ0) is 18.6. The molecular formula is C15H10BrN3O5S. The first-order valence-electron chi connectivity index (χ1n) is 6.67. The number of carboxylic acid groups (broad SMARTS) is 1. The number of hydrogen-bond acceptors (Lipinski definition) is 5. The SMILES string of the molecule is O=C(NC(=S)Nc1ccc(Br)cc1C(=O)O)c1cccc([N+](=O)[O-])c1. The predicted octanol–water partition coefficient (Wildman–Crippen LogP) is 3.18. The number of hydrogen-bond donors (Lipinski definition) is 3. The Morgan fingerprint density at radius 1 is 1.20 bits per heavy atom. The number of carbonyl (C=O) groups is 2. The number of carboxylic acids is 1. The quantitative estimate of drug-likeness (QED) is 0.392. The number of aromatic carboxylic acids is 1. The molecule has 0 saturated heterocycles. The van der Waals surface area contributed by atoms with E-state index in [0.717, 1.165) is 6.07 Å². The number of carbonyl (C=O) groups excluding carboxylic acids is 1. The number of rotatable bonds is 4. The van der Waals surface area contributed by atoms with Crippen LogP contribution in [0.2, 0.25) is 0 Å². The Labute approximate surface area is 155 Å². The summed E-state index contributed by atoms with van der Waals surface area (Å²) in [7, 11) is 0. The van der Waals surface area contributed by atoms with E-state index in [1.165, 1.54) is 30.3 Å². The summed E-state index contributed by atoms with van der Waals surface area (Å²) >= 11 is 8.17. The van der Waals surface area contributed by atoms with Gasteiger partial charge in [-0.05, 0) is 36.5 Å². The third-order valence-electron chi connectivity index (χ3n) is 3.01. The van der Waals surface area contributed by atoms with Gasteiger partial charge in [0, 0.05) is 22.2 Å². The van der Waals surface area contributed by atoms with E-state index in [2.05, 4.69) is 26.6 Å². The van der Waals surface area contributed by atoms with E-state index >= 15 is 0 Å². The zero-order valence-corrected chi connectivity index (χ0v) is 14.8. The van der Waals surface area contributed by atoms with Crippen molar-refractivity contribution in [1.82, 2.24) is 5.32 Å². The largest absolute Gasteiger partial charge is 0.478 e. The summed E-state index contributed by atoms with van der Waals surface area (Å²) in [6, 6.07) is 9.62. The molecule has 10 heteroatoms. The molecule has 0 saturated carbocycles. The Bertz CT molecular complexity index is 887. The van der Waals surface area contributed by atoms with Crippen LogP contribution in [0.4, 0.5) is 11.4 Å². The lowest BCUT2D eigenvalue weighted by Gasteiger charge is -2.12. The molecule has 128 valence electrons. The van der Waals surface area contributed by atoms with Gasteiger partial charge in [-0.3, -0.25) is 20.2 Å². The van der Waals surface area contributed by atoms with E-state index in [1.54, 1.807) is 6.07 Å². The van der Waals surface area contributed by atoms with Crippen LogP contribution in [0.3, 0.4) is 0 Å². The molecule has 0 heterocycles. The summed E-state index contributed by atoms with van der Waals surface area (Å²) < 4.78 is 0.571. The number of halogens is 1. The van der Waals surface area contributed by atoms with E-state index in [4.69, 9.17) is 12.2 Å². The number of non-ortho nitro benzene ring substituents is 1. The van der Waals surface area contributed by atoms with Gasteiger partial charge >= 0.3 is 5.97 Å². The summed E-state index contributed by atoms with van der Waals surface area (Å²) in [5.74, 6) is -1.83. The molecule has 0 radical (unpaired) electrons. The highest BCUT2D eigenvalue weighted by molar-refractivity contribution is 9.10. The molecule has 0 spiro atoms. The molecule has 0 fully saturated rings. The number of amides is 1. The molecule has 2 aromatic carbocycles. The van der Waals surface area contributed by atoms with Crippen molar-refractivity contribution in [2.75, 3.05) is 5.32 Å². The molecule has 0 bridgehead atoms. The Morgan fingerprint density at radius 2 is 1.92 bits per heavy atom. The second-order valence-corrected chi connectivity index (χ2v) is 6.03. The molecule has 3 N–H and O–H groups in total. The highest BCUT2D eigenvalue weighted by Crippen LogP contribution is 2.21. The topological polar surface area (TPSA) is 122 Å². The number of nitrogens with one attached hydrogen (secondary N) is 2. The lowest BCUT2D eigenvalue weighted by Crippen LogP contribution is -2.34. The number of nitrogens with zero attached hydrogens (tertiary/aromatic N) is 1. The number of anilines is 1. The number of nitro benzene ring substituents is 1. The fourth-order valence-electron chi connectivity index (χ4n) is 1.89. The van der Waals surface area contributed by atoms with E-state index in [-0.39, 0.29) is 27.6 Å². The maximum absolute atomic E-state index is 12.1. The molecule has 0 unspecified atom stereocenters. The Balaban J connectivity index is 2.13. The van der Waals surface area contributed by atoms with Crippen molar-refractivity contribution in [3.05, 3.63) is 68.2 Å². The maximum Gasteiger partial charge on any atom is 0.337 e. The Morgan fingerprint density at radius 3 is 2.56 bits per heavy atom. The highest BCUT2D eigenvalue weighted by Gasteiger charge is 2.15. The molecule has 25 heavy (non-hydrogen) atoms. The van der Waals surface area contributed by atoms with E-state index in [1.807, 2.05) is 0 Å². The van der Waals surface area contributed by atoms with Crippen LogP contribution in [0.15, 0.2) is 46.9 Å². The zero-order valence-electron chi connectivity index (χ0n) is 12.4. The van der Waals surface area contributed by atoms with Crippen molar-refractivity contribution in [2.24, 2.45) is 0 Å². The second kappa shape index (κ2) is 7.81. The van der Waals surface area contributed by atoms with Crippen LogP contribution in [-0.4, -0.2) is 27.0 Å². The van der Waals surface area contributed by atoms with Gasteiger partial charge in [0.05, 0.1) is 16.2 Å².